The van der Waals surface area contributed by atoms with E-state index in [1.807, 2.05) is 12.1 Å². The molecule has 2 nitrogen and oxygen atoms in total. The predicted octanol–water partition coefficient (Wildman–Crippen LogP) is 4.05. The fraction of sp³-hybridized carbons (Fsp3) is 0.625. The third-order valence-electron chi connectivity index (χ3n) is 3.34. The summed E-state index contributed by atoms with van der Waals surface area (Å²) in [5.74, 6) is 0.301. The van der Waals surface area contributed by atoms with Crippen LogP contribution in [0.25, 0.3) is 0 Å². The van der Waals surface area contributed by atoms with Gasteiger partial charge in [-0.2, -0.15) is 0 Å². The standard InChI is InChI=1S/C16H26O2/c1-2-3-4-5-6-7-15(17)11-8-14-9-12-16(18)13-10-14/h9-10,12-13,15,17-18H,2-8,11H2,1H3. The first-order chi connectivity index (χ1) is 8.72. The monoisotopic (exact) mass is 250 g/mol. The number of aryl methyl sites for hydroxylation is 1. The van der Waals surface area contributed by atoms with E-state index in [9.17, 15) is 10.2 Å². The molecule has 0 aliphatic rings. The van der Waals surface area contributed by atoms with E-state index in [1.54, 1.807) is 12.1 Å². The lowest BCUT2D eigenvalue weighted by molar-refractivity contribution is 0.151. The van der Waals surface area contributed by atoms with Crippen molar-refractivity contribution in [3.8, 4) is 5.75 Å². The number of aromatic hydroxyl groups is 1. The molecule has 0 radical (unpaired) electrons. The van der Waals surface area contributed by atoms with Crippen molar-refractivity contribution in [2.45, 2.75) is 64.4 Å². The van der Waals surface area contributed by atoms with E-state index in [4.69, 9.17) is 0 Å². The van der Waals surface area contributed by atoms with E-state index in [0.717, 1.165) is 25.7 Å². The van der Waals surface area contributed by atoms with Crippen LogP contribution in [-0.2, 0) is 6.42 Å². The molecule has 0 heterocycles. The topological polar surface area (TPSA) is 40.5 Å². The molecule has 0 saturated carbocycles. The summed E-state index contributed by atoms with van der Waals surface area (Å²) >= 11 is 0. The smallest absolute Gasteiger partial charge is 0.115 e. The van der Waals surface area contributed by atoms with Gasteiger partial charge in [-0.1, -0.05) is 51.2 Å². The summed E-state index contributed by atoms with van der Waals surface area (Å²) in [6, 6.07) is 7.24. The summed E-state index contributed by atoms with van der Waals surface area (Å²) in [6.45, 7) is 2.21. The third kappa shape index (κ3) is 6.65. The normalized spacial score (nSPS) is 12.6. The first-order valence-electron chi connectivity index (χ1n) is 7.18. The molecule has 2 N–H and O–H groups in total. The summed E-state index contributed by atoms with van der Waals surface area (Å²) in [7, 11) is 0. The Bertz CT molecular complexity index is 305. The minimum Gasteiger partial charge on any atom is -0.508 e. The molecule has 1 rings (SSSR count). The van der Waals surface area contributed by atoms with E-state index >= 15 is 0 Å². The van der Waals surface area contributed by atoms with Gasteiger partial charge < -0.3 is 10.2 Å². The van der Waals surface area contributed by atoms with Gasteiger partial charge in [0, 0.05) is 0 Å². The zero-order valence-electron chi connectivity index (χ0n) is 11.4. The van der Waals surface area contributed by atoms with Gasteiger partial charge >= 0.3 is 0 Å². The molecule has 0 spiro atoms. The molecule has 0 amide bonds. The van der Waals surface area contributed by atoms with Crippen molar-refractivity contribution in [2.24, 2.45) is 0 Å². The molecule has 0 bridgehead atoms. The van der Waals surface area contributed by atoms with Crippen LogP contribution >= 0.6 is 0 Å². The number of phenolic OH excluding ortho intramolecular Hbond substituents is 1. The van der Waals surface area contributed by atoms with Crippen LogP contribution in [0.1, 0.15) is 57.4 Å². The summed E-state index contributed by atoms with van der Waals surface area (Å²) in [6.07, 6.45) is 8.69. The van der Waals surface area contributed by atoms with Crippen LogP contribution < -0.4 is 0 Å². The molecular formula is C16H26O2. The van der Waals surface area contributed by atoms with E-state index in [1.165, 1.54) is 31.2 Å². The maximum atomic E-state index is 9.87. The van der Waals surface area contributed by atoms with Crippen molar-refractivity contribution in [2.75, 3.05) is 0 Å². The van der Waals surface area contributed by atoms with Crippen molar-refractivity contribution in [3.63, 3.8) is 0 Å². The Labute approximate surface area is 111 Å². The van der Waals surface area contributed by atoms with Gasteiger partial charge in [0.1, 0.15) is 5.75 Å². The van der Waals surface area contributed by atoms with Crippen molar-refractivity contribution in [3.05, 3.63) is 29.8 Å². The summed E-state index contributed by atoms with van der Waals surface area (Å²) in [4.78, 5) is 0. The van der Waals surface area contributed by atoms with Crippen molar-refractivity contribution in [1.82, 2.24) is 0 Å². The summed E-state index contributed by atoms with van der Waals surface area (Å²) in [5.41, 5.74) is 1.18. The molecule has 0 aliphatic carbocycles. The maximum absolute atomic E-state index is 9.87. The largest absolute Gasteiger partial charge is 0.508 e. The zero-order chi connectivity index (χ0) is 13.2. The van der Waals surface area contributed by atoms with Crippen molar-refractivity contribution in [1.29, 1.82) is 0 Å². The minimum atomic E-state index is -0.180. The number of benzene rings is 1. The van der Waals surface area contributed by atoms with Gasteiger partial charge in [-0.3, -0.25) is 0 Å². The summed E-state index contributed by atoms with van der Waals surface area (Å²) in [5, 5.41) is 19.0. The highest BCUT2D eigenvalue weighted by molar-refractivity contribution is 5.25. The molecular weight excluding hydrogens is 224 g/mol. The lowest BCUT2D eigenvalue weighted by atomic mass is 10.0. The van der Waals surface area contributed by atoms with Crippen LogP contribution in [0, 0.1) is 0 Å². The maximum Gasteiger partial charge on any atom is 0.115 e. The Balaban J connectivity index is 2.09. The fourth-order valence-corrected chi connectivity index (χ4v) is 2.12. The zero-order valence-corrected chi connectivity index (χ0v) is 11.4. The van der Waals surface area contributed by atoms with Crippen LogP contribution in [0.3, 0.4) is 0 Å². The van der Waals surface area contributed by atoms with Gasteiger partial charge in [0.05, 0.1) is 6.10 Å². The number of rotatable bonds is 9. The fourth-order valence-electron chi connectivity index (χ4n) is 2.12. The second-order valence-electron chi connectivity index (χ2n) is 5.06. The SMILES string of the molecule is CCCCCCCC(O)CCc1ccc(O)cc1. The summed E-state index contributed by atoms with van der Waals surface area (Å²) < 4.78 is 0. The Morgan fingerprint density at radius 1 is 0.944 bits per heavy atom. The Morgan fingerprint density at radius 2 is 1.61 bits per heavy atom. The second-order valence-corrected chi connectivity index (χ2v) is 5.06. The Kier molecular flexibility index (Phi) is 7.51. The van der Waals surface area contributed by atoms with Gasteiger partial charge in [0.25, 0.3) is 0 Å². The first-order valence-corrected chi connectivity index (χ1v) is 7.18. The van der Waals surface area contributed by atoms with Gasteiger partial charge in [-0.05, 0) is 37.0 Å². The highest BCUT2D eigenvalue weighted by Gasteiger charge is 2.04. The van der Waals surface area contributed by atoms with Crippen LogP contribution in [0.4, 0.5) is 0 Å². The van der Waals surface area contributed by atoms with Gasteiger partial charge in [0.15, 0.2) is 0 Å². The quantitative estimate of drug-likeness (QED) is 0.649. The van der Waals surface area contributed by atoms with Crippen LogP contribution in [0.15, 0.2) is 24.3 Å². The van der Waals surface area contributed by atoms with E-state index in [2.05, 4.69) is 6.92 Å². The molecule has 0 saturated heterocycles. The molecule has 1 atom stereocenters. The third-order valence-corrected chi connectivity index (χ3v) is 3.34. The number of hydrogen-bond donors (Lipinski definition) is 2. The van der Waals surface area contributed by atoms with Crippen LogP contribution in [0.5, 0.6) is 5.75 Å². The van der Waals surface area contributed by atoms with Crippen LogP contribution in [-0.4, -0.2) is 16.3 Å². The van der Waals surface area contributed by atoms with Crippen LogP contribution in [0.2, 0.25) is 0 Å². The molecule has 0 aromatic heterocycles. The molecule has 1 aromatic carbocycles. The molecule has 1 aromatic rings. The van der Waals surface area contributed by atoms with Crippen molar-refractivity contribution < 1.29 is 10.2 Å². The number of aliphatic hydroxyl groups excluding tert-OH is 1. The van der Waals surface area contributed by atoms with E-state index < -0.39 is 0 Å². The molecule has 0 fully saturated rings. The highest BCUT2D eigenvalue weighted by atomic mass is 16.3. The Morgan fingerprint density at radius 3 is 2.28 bits per heavy atom. The van der Waals surface area contributed by atoms with E-state index in [-0.39, 0.29) is 6.10 Å². The van der Waals surface area contributed by atoms with Gasteiger partial charge in [-0.15, -0.1) is 0 Å². The molecule has 18 heavy (non-hydrogen) atoms. The highest BCUT2D eigenvalue weighted by Crippen LogP contribution is 2.14. The minimum absolute atomic E-state index is 0.180. The number of hydrogen-bond acceptors (Lipinski definition) is 2. The molecule has 2 heteroatoms. The van der Waals surface area contributed by atoms with Gasteiger partial charge in [0.2, 0.25) is 0 Å². The number of aliphatic hydroxyl groups is 1. The molecule has 0 aliphatic heterocycles. The number of phenols is 1. The molecule has 1 unspecified atom stereocenters. The molecule has 102 valence electrons. The average molecular weight is 250 g/mol. The second kappa shape index (κ2) is 8.98. The first kappa shape index (κ1) is 15.0. The lowest BCUT2D eigenvalue weighted by Gasteiger charge is -2.10. The average Bonchev–Trinajstić information content (AvgIpc) is 2.38. The predicted molar refractivity (Wildman–Crippen MR) is 75.8 cm³/mol. The number of unbranched alkanes of at least 4 members (excludes halogenated alkanes) is 4. The van der Waals surface area contributed by atoms with Gasteiger partial charge in [-0.25, -0.2) is 0 Å². The Hall–Kier alpha value is -1.02. The van der Waals surface area contributed by atoms with Crippen molar-refractivity contribution >= 4 is 0 Å². The van der Waals surface area contributed by atoms with E-state index in [0.29, 0.717) is 5.75 Å². The lowest BCUT2D eigenvalue weighted by Crippen LogP contribution is -2.07.